The van der Waals surface area contributed by atoms with Crippen LogP contribution in [0.25, 0.3) is 0 Å². The molecule has 0 N–H and O–H groups in total. The van der Waals surface area contributed by atoms with E-state index < -0.39 is 14.3 Å². The summed E-state index contributed by atoms with van der Waals surface area (Å²) in [6, 6.07) is 7.98. The van der Waals surface area contributed by atoms with E-state index in [0.717, 1.165) is 16.1 Å². The second-order valence-corrected chi connectivity index (χ2v) is 9.96. The van der Waals surface area contributed by atoms with E-state index in [1.54, 1.807) is 0 Å². The van der Waals surface area contributed by atoms with E-state index in [2.05, 4.69) is 13.8 Å². The summed E-state index contributed by atoms with van der Waals surface area (Å²) in [6.45, 7) is 6.33. The molecule has 0 aliphatic rings. The minimum atomic E-state index is -1.44. The fourth-order valence-corrected chi connectivity index (χ4v) is 5.08. The zero-order chi connectivity index (χ0) is 10.6. The predicted molar refractivity (Wildman–Crippen MR) is 62.2 cm³/mol. The quantitative estimate of drug-likeness (QED) is 0.749. The molecule has 0 aliphatic carbocycles. The number of aryl methyl sites for hydroxylation is 1. The number of rotatable bonds is 4. The number of benzene rings is 1. The monoisotopic (exact) mass is 251 g/mol. The minimum absolute atomic E-state index is 0.454. The topological polar surface area (TPSA) is 17.1 Å². The van der Waals surface area contributed by atoms with Crippen molar-refractivity contribution in [2.75, 3.05) is 0 Å². The van der Waals surface area contributed by atoms with Crippen LogP contribution < -0.4 is 0 Å². The number of carbonyl (C=O) groups is 1. The van der Waals surface area contributed by atoms with Gasteiger partial charge in [-0.05, 0) is 0 Å². The van der Waals surface area contributed by atoms with Gasteiger partial charge in [0.2, 0.25) is 0 Å². The molecule has 1 rings (SSSR count). The summed E-state index contributed by atoms with van der Waals surface area (Å²) in [5.74, 6) is 0. The summed E-state index contributed by atoms with van der Waals surface area (Å²) in [7, 11) is 0. The fraction of sp³-hybridized carbons (Fsp3) is 0.417. The molecule has 0 atom stereocenters. The summed E-state index contributed by atoms with van der Waals surface area (Å²) in [5.41, 5.74) is 2.14. The van der Waals surface area contributed by atoms with Gasteiger partial charge in [-0.15, -0.1) is 0 Å². The Morgan fingerprint density at radius 3 is 2.07 bits per heavy atom. The molecule has 14 heavy (non-hydrogen) atoms. The van der Waals surface area contributed by atoms with Crippen molar-refractivity contribution < 1.29 is 4.79 Å². The van der Waals surface area contributed by atoms with Gasteiger partial charge in [-0.2, -0.15) is 0 Å². The van der Waals surface area contributed by atoms with Gasteiger partial charge in [0.05, 0.1) is 0 Å². The van der Waals surface area contributed by atoms with Crippen LogP contribution in [0.15, 0.2) is 24.3 Å². The van der Waals surface area contributed by atoms with E-state index in [0.29, 0.717) is 4.62 Å². The molecule has 1 aromatic rings. The number of hydrogen-bond donors (Lipinski definition) is 0. The van der Waals surface area contributed by atoms with Crippen LogP contribution in [0.1, 0.15) is 29.8 Å². The predicted octanol–water partition coefficient (Wildman–Crippen LogP) is 3.25. The van der Waals surface area contributed by atoms with Crippen molar-refractivity contribution >= 4 is 19.0 Å². The Morgan fingerprint density at radius 1 is 1.14 bits per heavy atom. The van der Waals surface area contributed by atoms with Crippen LogP contribution in [0.5, 0.6) is 0 Å². The average Bonchev–Trinajstić information content (AvgIpc) is 2.20. The zero-order valence-corrected chi connectivity index (χ0v) is 11.2. The molecule has 0 amide bonds. The third kappa shape index (κ3) is 2.71. The van der Waals surface area contributed by atoms with Crippen molar-refractivity contribution in [3.8, 4) is 0 Å². The SMILES string of the molecule is C[CH2][Ge]([CH2]C)[C](=O)c1ccc(C)cc1. The Morgan fingerprint density at radius 2 is 1.64 bits per heavy atom. The fourth-order valence-electron chi connectivity index (χ4n) is 1.48. The maximum atomic E-state index is 12.0. The molecule has 1 radical (unpaired) electrons. The van der Waals surface area contributed by atoms with Crippen molar-refractivity contribution in [2.45, 2.75) is 31.3 Å². The zero-order valence-electron chi connectivity index (χ0n) is 9.13. The molecule has 0 unspecified atom stereocenters. The molecule has 0 spiro atoms. The first-order valence-corrected chi connectivity index (χ1v) is 9.16. The molecular formula is C12H17GeO. The van der Waals surface area contributed by atoms with E-state index in [1.165, 1.54) is 5.56 Å². The second-order valence-electron chi connectivity index (χ2n) is 3.51. The van der Waals surface area contributed by atoms with Crippen molar-refractivity contribution in [1.82, 2.24) is 0 Å². The van der Waals surface area contributed by atoms with Gasteiger partial charge in [0, 0.05) is 0 Å². The second kappa shape index (κ2) is 5.35. The molecule has 1 aromatic carbocycles. The Hall–Kier alpha value is -0.567. The third-order valence-corrected chi connectivity index (χ3v) is 8.02. The number of carbonyl (C=O) groups excluding carboxylic acids is 1. The Balaban J connectivity index is 2.83. The van der Waals surface area contributed by atoms with E-state index in [-0.39, 0.29) is 0 Å². The van der Waals surface area contributed by atoms with Crippen molar-refractivity contribution in [1.29, 1.82) is 0 Å². The van der Waals surface area contributed by atoms with Crippen LogP contribution in [0.3, 0.4) is 0 Å². The van der Waals surface area contributed by atoms with Crippen LogP contribution in [0.4, 0.5) is 0 Å². The van der Waals surface area contributed by atoms with Gasteiger partial charge in [0.1, 0.15) is 0 Å². The Bertz CT molecular complexity index is 299. The van der Waals surface area contributed by atoms with Crippen molar-refractivity contribution in [2.24, 2.45) is 0 Å². The van der Waals surface area contributed by atoms with E-state index in [4.69, 9.17) is 0 Å². The molecule has 0 heterocycles. The molecule has 0 saturated heterocycles. The third-order valence-electron chi connectivity index (χ3n) is 2.49. The summed E-state index contributed by atoms with van der Waals surface area (Å²) < 4.78 is 0.454. The molecule has 0 aromatic heterocycles. The summed E-state index contributed by atoms with van der Waals surface area (Å²) in [5, 5.41) is 2.20. The van der Waals surface area contributed by atoms with Crippen LogP contribution in [-0.4, -0.2) is 19.0 Å². The van der Waals surface area contributed by atoms with Gasteiger partial charge in [0.25, 0.3) is 0 Å². The van der Waals surface area contributed by atoms with Gasteiger partial charge in [0.15, 0.2) is 0 Å². The average molecular weight is 250 g/mol. The van der Waals surface area contributed by atoms with Gasteiger partial charge in [-0.25, -0.2) is 0 Å². The van der Waals surface area contributed by atoms with E-state index in [9.17, 15) is 4.79 Å². The maximum absolute atomic E-state index is 12.0. The first-order valence-electron chi connectivity index (χ1n) is 5.15. The van der Waals surface area contributed by atoms with E-state index >= 15 is 0 Å². The molecule has 75 valence electrons. The van der Waals surface area contributed by atoms with Crippen LogP contribution in [0.2, 0.25) is 10.5 Å². The van der Waals surface area contributed by atoms with E-state index in [1.807, 2.05) is 31.2 Å². The van der Waals surface area contributed by atoms with Gasteiger partial charge in [-0.3, -0.25) is 0 Å². The first kappa shape index (κ1) is 11.5. The molecule has 0 fully saturated rings. The summed E-state index contributed by atoms with van der Waals surface area (Å²) >= 11 is -1.44. The molecule has 0 aliphatic heterocycles. The summed E-state index contributed by atoms with van der Waals surface area (Å²) in [6.07, 6.45) is 0. The molecule has 2 heteroatoms. The van der Waals surface area contributed by atoms with Crippen LogP contribution in [-0.2, 0) is 0 Å². The van der Waals surface area contributed by atoms with Crippen molar-refractivity contribution in [3.63, 3.8) is 0 Å². The van der Waals surface area contributed by atoms with Crippen LogP contribution >= 0.6 is 0 Å². The molecule has 0 saturated carbocycles. The standard InChI is InChI=1S/C12H17GeO/c1-4-13(5-2)12(14)11-8-6-10(3)7-9-11/h6-9H,4-5H2,1-3H3. The summed E-state index contributed by atoms with van der Waals surface area (Å²) in [4.78, 5) is 12.0. The first-order chi connectivity index (χ1) is 6.69. The molecule has 0 bridgehead atoms. The van der Waals surface area contributed by atoms with Gasteiger partial charge in [-0.1, -0.05) is 0 Å². The number of hydrogen-bond acceptors (Lipinski definition) is 1. The molecular weight excluding hydrogens is 233 g/mol. The normalized spacial score (nSPS) is 10.6. The van der Waals surface area contributed by atoms with Crippen LogP contribution in [0, 0.1) is 6.92 Å². The Kier molecular flexibility index (Phi) is 4.40. The molecule has 1 nitrogen and oxygen atoms in total. The Labute approximate surface area is 90.6 Å². The van der Waals surface area contributed by atoms with Crippen molar-refractivity contribution in [3.05, 3.63) is 35.4 Å². The van der Waals surface area contributed by atoms with Gasteiger partial charge < -0.3 is 0 Å². The van der Waals surface area contributed by atoms with Gasteiger partial charge >= 0.3 is 90.4 Å².